The van der Waals surface area contributed by atoms with E-state index in [9.17, 15) is 4.79 Å². The van der Waals surface area contributed by atoms with E-state index in [1.54, 1.807) is 43.5 Å². The van der Waals surface area contributed by atoms with Gasteiger partial charge in [-0.25, -0.2) is 4.79 Å². The molecule has 3 aromatic carbocycles. The van der Waals surface area contributed by atoms with Crippen LogP contribution in [0.15, 0.2) is 54.6 Å². The second-order valence-electron chi connectivity index (χ2n) is 7.30. The molecule has 1 spiro atoms. The van der Waals surface area contributed by atoms with Crippen LogP contribution in [0.1, 0.15) is 32.6 Å². The third kappa shape index (κ3) is 3.09. The number of benzene rings is 3. The number of carbonyl (C=O) groups excluding carboxylic acids is 1. The lowest BCUT2D eigenvalue weighted by molar-refractivity contribution is -0.0653. The zero-order valence-electron chi connectivity index (χ0n) is 17.1. The van der Waals surface area contributed by atoms with Gasteiger partial charge in [0.05, 0.1) is 12.7 Å². The van der Waals surface area contributed by atoms with Crippen LogP contribution in [-0.4, -0.2) is 31.8 Å². The standard InChI is InChI=1S/C24H19ClO7/c1-28-15-3-6-19-21(9-15)31-22-10-16(30-13-29-12-26)4-7-20(22)24(19)18-5-2-14(11-25)8-17(18)23(27)32-24/h2-10,26H,11-13H2,1H3. The van der Waals surface area contributed by atoms with Crippen molar-refractivity contribution in [3.05, 3.63) is 82.4 Å². The Balaban J connectivity index is 1.71. The fourth-order valence-electron chi connectivity index (χ4n) is 4.18. The molecule has 0 aromatic heterocycles. The van der Waals surface area contributed by atoms with Gasteiger partial charge in [0, 0.05) is 34.7 Å². The van der Waals surface area contributed by atoms with Crippen LogP contribution in [0, 0.1) is 0 Å². The topological polar surface area (TPSA) is 83.5 Å². The summed E-state index contributed by atoms with van der Waals surface area (Å²) in [7, 11) is 1.57. The van der Waals surface area contributed by atoms with Gasteiger partial charge in [-0.2, -0.15) is 0 Å². The molecule has 2 aliphatic heterocycles. The van der Waals surface area contributed by atoms with Crippen molar-refractivity contribution in [3.63, 3.8) is 0 Å². The number of alkyl halides is 1. The van der Waals surface area contributed by atoms with Crippen LogP contribution < -0.4 is 14.2 Å². The maximum absolute atomic E-state index is 13.0. The Labute approximate surface area is 189 Å². The third-order valence-electron chi connectivity index (χ3n) is 5.60. The highest BCUT2D eigenvalue weighted by atomic mass is 35.5. The molecule has 164 valence electrons. The van der Waals surface area contributed by atoms with Crippen LogP contribution >= 0.6 is 11.6 Å². The van der Waals surface area contributed by atoms with E-state index in [1.807, 2.05) is 18.2 Å². The number of halogens is 1. The SMILES string of the molecule is COc1ccc2c(c1)Oc1cc(OCOCO)ccc1C21OC(=O)c2cc(CCl)ccc21. The lowest BCUT2D eigenvalue weighted by Crippen LogP contribution is -2.33. The van der Waals surface area contributed by atoms with Gasteiger partial charge in [0.2, 0.25) is 0 Å². The monoisotopic (exact) mass is 454 g/mol. The van der Waals surface area contributed by atoms with E-state index in [-0.39, 0.29) is 12.7 Å². The number of carbonyl (C=O) groups is 1. The van der Waals surface area contributed by atoms with Crippen LogP contribution in [0.2, 0.25) is 0 Å². The van der Waals surface area contributed by atoms with Crippen LogP contribution in [0.5, 0.6) is 23.0 Å². The quantitative estimate of drug-likeness (QED) is 0.257. The number of fused-ring (bicyclic) bond motifs is 6. The lowest BCUT2D eigenvalue weighted by Gasteiger charge is -2.36. The average Bonchev–Trinajstić information content (AvgIpc) is 3.11. The molecule has 0 aliphatic carbocycles. The van der Waals surface area contributed by atoms with Gasteiger partial charge in [-0.15, -0.1) is 11.6 Å². The van der Waals surface area contributed by atoms with Gasteiger partial charge in [-0.1, -0.05) is 12.1 Å². The van der Waals surface area contributed by atoms with Gasteiger partial charge in [-0.3, -0.25) is 0 Å². The molecule has 0 saturated heterocycles. The van der Waals surface area contributed by atoms with Gasteiger partial charge < -0.3 is 28.8 Å². The molecule has 0 bridgehead atoms. The molecular weight excluding hydrogens is 436 g/mol. The summed E-state index contributed by atoms with van der Waals surface area (Å²) >= 11 is 5.99. The summed E-state index contributed by atoms with van der Waals surface area (Å²) in [5, 5.41) is 8.79. The number of esters is 1. The lowest BCUT2D eigenvalue weighted by atomic mass is 9.77. The summed E-state index contributed by atoms with van der Waals surface area (Å²) in [5.41, 5.74) is 2.17. The maximum atomic E-state index is 13.0. The van der Waals surface area contributed by atoms with Crippen molar-refractivity contribution < 1.29 is 33.6 Å². The van der Waals surface area contributed by atoms with E-state index < -0.39 is 18.4 Å². The number of hydrogen-bond acceptors (Lipinski definition) is 7. The number of methoxy groups -OCH3 is 1. The van der Waals surface area contributed by atoms with Crippen molar-refractivity contribution in [2.45, 2.75) is 11.5 Å². The second-order valence-corrected chi connectivity index (χ2v) is 7.57. The van der Waals surface area contributed by atoms with Gasteiger partial charge in [0.1, 0.15) is 29.8 Å². The summed E-state index contributed by atoms with van der Waals surface area (Å²) < 4.78 is 28.0. The number of hydrogen-bond donors (Lipinski definition) is 1. The molecule has 5 rings (SSSR count). The van der Waals surface area contributed by atoms with Crippen LogP contribution in [0.25, 0.3) is 0 Å². The Morgan fingerprint density at radius 3 is 2.34 bits per heavy atom. The molecular formula is C24H19ClO7. The van der Waals surface area contributed by atoms with E-state index >= 15 is 0 Å². The van der Waals surface area contributed by atoms with Crippen LogP contribution in [0.4, 0.5) is 0 Å². The Morgan fingerprint density at radius 2 is 1.66 bits per heavy atom. The first-order valence-electron chi connectivity index (χ1n) is 9.85. The predicted molar refractivity (Wildman–Crippen MR) is 114 cm³/mol. The Morgan fingerprint density at radius 1 is 0.969 bits per heavy atom. The van der Waals surface area contributed by atoms with Gasteiger partial charge in [0.15, 0.2) is 12.4 Å². The van der Waals surface area contributed by atoms with Crippen molar-refractivity contribution in [3.8, 4) is 23.0 Å². The second kappa shape index (κ2) is 8.02. The molecule has 0 saturated carbocycles. The Kier molecular flexibility index (Phi) is 5.17. The minimum Gasteiger partial charge on any atom is -0.497 e. The van der Waals surface area contributed by atoms with E-state index in [4.69, 9.17) is 40.4 Å². The highest BCUT2D eigenvalue weighted by molar-refractivity contribution is 6.17. The fraction of sp³-hybridized carbons (Fsp3) is 0.208. The normalized spacial score (nSPS) is 17.8. The predicted octanol–water partition coefficient (Wildman–Crippen LogP) is 4.30. The minimum absolute atomic E-state index is 0.121. The summed E-state index contributed by atoms with van der Waals surface area (Å²) in [6.45, 7) is -0.571. The van der Waals surface area contributed by atoms with Crippen molar-refractivity contribution >= 4 is 17.6 Å². The summed E-state index contributed by atoms with van der Waals surface area (Å²) in [6.07, 6.45) is 0. The molecule has 1 unspecified atom stereocenters. The molecule has 2 aliphatic rings. The van der Waals surface area contributed by atoms with Crippen molar-refractivity contribution in [2.24, 2.45) is 0 Å². The summed E-state index contributed by atoms with van der Waals surface area (Å²) in [5.74, 6) is 1.90. The number of aliphatic hydroxyl groups is 1. The molecule has 0 radical (unpaired) electrons. The Hall–Kier alpha value is -3.26. The minimum atomic E-state index is -1.19. The molecule has 1 atom stereocenters. The molecule has 1 N–H and O–H groups in total. The van der Waals surface area contributed by atoms with Gasteiger partial charge in [-0.05, 0) is 35.9 Å². The largest absolute Gasteiger partial charge is 0.497 e. The van der Waals surface area contributed by atoms with E-state index in [0.717, 1.165) is 5.56 Å². The van der Waals surface area contributed by atoms with E-state index in [1.165, 1.54) is 0 Å². The van der Waals surface area contributed by atoms with Crippen LogP contribution in [0.3, 0.4) is 0 Å². The van der Waals surface area contributed by atoms with Crippen molar-refractivity contribution in [1.82, 2.24) is 0 Å². The first-order valence-corrected chi connectivity index (χ1v) is 10.4. The number of aliphatic hydroxyl groups excluding tert-OH is 1. The van der Waals surface area contributed by atoms with E-state index in [2.05, 4.69) is 0 Å². The molecule has 32 heavy (non-hydrogen) atoms. The van der Waals surface area contributed by atoms with Crippen molar-refractivity contribution in [1.29, 1.82) is 0 Å². The number of rotatable bonds is 6. The zero-order valence-corrected chi connectivity index (χ0v) is 17.8. The molecule has 3 aromatic rings. The first kappa shape index (κ1) is 20.6. The van der Waals surface area contributed by atoms with Crippen molar-refractivity contribution in [2.75, 3.05) is 20.7 Å². The first-order chi connectivity index (χ1) is 15.6. The third-order valence-corrected chi connectivity index (χ3v) is 5.91. The average molecular weight is 455 g/mol. The molecule has 2 heterocycles. The highest BCUT2D eigenvalue weighted by Crippen LogP contribution is 2.57. The van der Waals surface area contributed by atoms with E-state index in [0.29, 0.717) is 45.3 Å². The smallest absolute Gasteiger partial charge is 0.340 e. The molecule has 8 heteroatoms. The maximum Gasteiger partial charge on any atom is 0.340 e. The highest BCUT2D eigenvalue weighted by Gasteiger charge is 2.53. The zero-order chi connectivity index (χ0) is 22.3. The molecule has 7 nitrogen and oxygen atoms in total. The Bertz CT molecular complexity index is 1210. The fourth-order valence-corrected chi connectivity index (χ4v) is 4.35. The molecule has 0 fully saturated rings. The summed E-state index contributed by atoms with van der Waals surface area (Å²) in [4.78, 5) is 13.0. The molecule has 0 amide bonds. The van der Waals surface area contributed by atoms with Gasteiger partial charge in [0.25, 0.3) is 0 Å². The summed E-state index contributed by atoms with van der Waals surface area (Å²) in [6, 6.07) is 16.2. The van der Waals surface area contributed by atoms with Crippen LogP contribution in [-0.2, 0) is 21.0 Å². The van der Waals surface area contributed by atoms with Gasteiger partial charge >= 0.3 is 5.97 Å². The number of ether oxygens (including phenoxy) is 5.